The number of rotatable bonds is 3. The van der Waals surface area contributed by atoms with Gasteiger partial charge in [0.15, 0.2) is 0 Å². The van der Waals surface area contributed by atoms with E-state index in [1.165, 1.54) is 92.2 Å². The molecular weight excluding hydrogens is 569 g/mol. The molecule has 0 bridgehead atoms. The molecule has 1 aromatic carbocycles. The molecule has 0 spiro atoms. The normalized spacial score (nSPS) is 37.7. The van der Waals surface area contributed by atoms with Crippen molar-refractivity contribution in [2.24, 2.45) is 41.4 Å². The molecule has 8 aliphatic carbocycles. The van der Waals surface area contributed by atoms with Crippen LogP contribution in [0.1, 0.15) is 87.7 Å². The highest BCUT2D eigenvalue weighted by Gasteiger charge is 2.49. The van der Waals surface area contributed by atoms with Crippen molar-refractivity contribution in [3.05, 3.63) is 142 Å². The molecule has 0 radical (unpaired) electrons. The fraction of sp³-hybridized carbons (Fsp3) is 0.435. The van der Waals surface area contributed by atoms with Gasteiger partial charge in [0.05, 0.1) is 0 Å². The van der Waals surface area contributed by atoms with Gasteiger partial charge in [-0.3, -0.25) is 0 Å². The van der Waals surface area contributed by atoms with Crippen molar-refractivity contribution < 1.29 is 4.74 Å². The third kappa shape index (κ3) is 4.62. The highest BCUT2D eigenvalue weighted by molar-refractivity contribution is 5.89. The van der Waals surface area contributed by atoms with Crippen molar-refractivity contribution in [1.82, 2.24) is 0 Å². The Morgan fingerprint density at radius 2 is 1.68 bits per heavy atom. The number of ether oxygens (including phenoxy) is 1. The molecule has 1 heteroatoms. The SMILES string of the molecule is C1=CCC2C(=C1)C(c1cccc3c1OC1CC4C=CC=CC4=CC31)=C1C=CCCC1C2C1CCCCC1C1=CCC2CCC=CC2=C1. The van der Waals surface area contributed by atoms with Crippen molar-refractivity contribution in [2.45, 2.75) is 82.7 Å². The maximum absolute atomic E-state index is 7.06. The van der Waals surface area contributed by atoms with Gasteiger partial charge < -0.3 is 4.74 Å². The van der Waals surface area contributed by atoms with Gasteiger partial charge in [-0.05, 0) is 127 Å². The van der Waals surface area contributed by atoms with Crippen LogP contribution >= 0.6 is 0 Å². The van der Waals surface area contributed by atoms with E-state index in [0.717, 1.165) is 18.3 Å². The Bertz CT molecular complexity index is 1790. The Balaban J connectivity index is 1.07. The zero-order valence-electron chi connectivity index (χ0n) is 27.7. The molecule has 10 rings (SSSR count). The Morgan fingerprint density at radius 1 is 0.745 bits per heavy atom. The smallest absolute Gasteiger partial charge is 0.131 e. The van der Waals surface area contributed by atoms with Gasteiger partial charge in [-0.1, -0.05) is 116 Å². The summed E-state index contributed by atoms with van der Waals surface area (Å²) in [6.07, 6.45) is 48.5. The van der Waals surface area contributed by atoms with E-state index in [4.69, 9.17) is 4.74 Å². The van der Waals surface area contributed by atoms with E-state index in [9.17, 15) is 0 Å². The lowest BCUT2D eigenvalue weighted by Gasteiger charge is -2.51. The van der Waals surface area contributed by atoms with E-state index < -0.39 is 0 Å². The minimum atomic E-state index is 0.228. The first-order chi connectivity index (χ1) is 23.3. The lowest BCUT2D eigenvalue weighted by atomic mass is 9.53. The maximum atomic E-state index is 7.06. The van der Waals surface area contributed by atoms with Crippen LogP contribution in [0.25, 0.3) is 5.57 Å². The Hall–Kier alpha value is -3.58. The van der Waals surface area contributed by atoms with Gasteiger partial charge in [-0.15, -0.1) is 0 Å². The summed E-state index contributed by atoms with van der Waals surface area (Å²) >= 11 is 0. The molecule has 0 N–H and O–H groups in total. The summed E-state index contributed by atoms with van der Waals surface area (Å²) in [4.78, 5) is 0. The summed E-state index contributed by atoms with van der Waals surface area (Å²) in [6.45, 7) is 0. The predicted octanol–water partition coefficient (Wildman–Crippen LogP) is 11.5. The number of fused-ring (bicyclic) bond motifs is 7. The van der Waals surface area contributed by atoms with E-state index >= 15 is 0 Å². The van der Waals surface area contributed by atoms with Gasteiger partial charge in [-0.2, -0.15) is 0 Å². The maximum Gasteiger partial charge on any atom is 0.131 e. The molecule has 9 aliphatic rings. The van der Waals surface area contributed by atoms with Gasteiger partial charge in [0, 0.05) is 23.0 Å². The first-order valence-electron chi connectivity index (χ1n) is 19.0. The molecule has 1 heterocycles. The minimum absolute atomic E-state index is 0.228. The van der Waals surface area contributed by atoms with Crippen LogP contribution in [0.4, 0.5) is 0 Å². The highest BCUT2D eigenvalue weighted by atomic mass is 16.5. The Kier molecular flexibility index (Phi) is 6.98. The molecule has 0 saturated heterocycles. The van der Waals surface area contributed by atoms with Crippen LogP contribution in [0.3, 0.4) is 0 Å². The van der Waals surface area contributed by atoms with Crippen molar-refractivity contribution in [2.75, 3.05) is 0 Å². The van der Waals surface area contributed by atoms with E-state index in [1.54, 1.807) is 22.3 Å². The van der Waals surface area contributed by atoms with Crippen LogP contribution in [-0.2, 0) is 0 Å². The van der Waals surface area contributed by atoms with Crippen molar-refractivity contribution in [1.29, 1.82) is 0 Å². The van der Waals surface area contributed by atoms with E-state index in [2.05, 4.69) is 103 Å². The van der Waals surface area contributed by atoms with Crippen molar-refractivity contribution in [3.8, 4) is 5.75 Å². The zero-order valence-corrected chi connectivity index (χ0v) is 27.7. The number of benzene rings is 1. The number of allylic oxidation sites excluding steroid dienone is 19. The van der Waals surface area contributed by atoms with Crippen LogP contribution in [0.15, 0.2) is 131 Å². The number of hydrogen-bond donors (Lipinski definition) is 0. The Labute approximate surface area is 281 Å². The lowest BCUT2D eigenvalue weighted by molar-refractivity contribution is 0.102. The van der Waals surface area contributed by atoms with E-state index in [1.807, 2.05) is 0 Å². The summed E-state index contributed by atoms with van der Waals surface area (Å²) in [7, 11) is 0. The van der Waals surface area contributed by atoms with Crippen molar-refractivity contribution in [3.63, 3.8) is 0 Å². The predicted molar refractivity (Wildman–Crippen MR) is 194 cm³/mol. The average Bonchev–Trinajstić information content (AvgIpc) is 3.50. The van der Waals surface area contributed by atoms with Gasteiger partial charge in [-0.25, -0.2) is 0 Å². The Morgan fingerprint density at radius 3 is 2.68 bits per heavy atom. The molecular formula is C46H48O. The average molecular weight is 617 g/mol. The molecule has 1 aromatic rings. The quantitative estimate of drug-likeness (QED) is 0.328. The minimum Gasteiger partial charge on any atom is -0.488 e. The topological polar surface area (TPSA) is 9.23 Å². The number of para-hydroxylation sites is 1. The summed E-state index contributed by atoms with van der Waals surface area (Å²) in [5, 5.41) is 0. The summed E-state index contributed by atoms with van der Waals surface area (Å²) in [5.41, 5.74) is 12.2. The molecule has 9 atom stereocenters. The summed E-state index contributed by atoms with van der Waals surface area (Å²) in [6, 6.07) is 7.07. The third-order valence-electron chi connectivity index (χ3n) is 13.6. The van der Waals surface area contributed by atoms with Gasteiger partial charge in [0.1, 0.15) is 11.9 Å². The highest BCUT2D eigenvalue weighted by Crippen LogP contribution is 2.60. The molecule has 1 saturated carbocycles. The van der Waals surface area contributed by atoms with E-state index in [-0.39, 0.29) is 6.10 Å². The van der Waals surface area contributed by atoms with E-state index in [0.29, 0.717) is 35.5 Å². The van der Waals surface area contributed by atoms with Gasteiger partial charge >= 0.3 is 0 Å². The van der Waals surface area contributed by atoms with Crippen LogP contribution in [0.5, 0.6) is 5.75 Å². The van der Waals surface area contributed by atoms with Crippen molar-refractivity contribution >= 4 is 5.57 Å². The third-order valence-corrected chi connectivity index (χ3v) is 13.6. The first-order valence-corrected chi connectivity index (χ1v) is 19.0. The molecule has 0 amide bonds. The monoisotopic (exact) mass is 616 g/mol. The van der Waals surface area contributed by atoms with Gasteiger partial charge in [0.25, 0.3) is 0 Å². The molecule has 238 valence electrons. The molecule has 1 nitrogen and oxygen atoms in total. The largest absolute Gasteiger partial charge is 0.488 e. The van der Waals surface area contributed by atoms with Crippen LogP contribution < -0.4 is 4.74 Å². The first kappa shape index (κ1) is 28.4. The summed E-state index contributed by atoms with van der Waals surface area (Å²) < 4.78 is 7.06. The standard InChI is InChI=1S/C46H48O/c1-2-13-30-26-33(25-24-29(30)12-1)34-16-5-6-17-35(34)44-36-18-7-9-20-38(36)45(39-21-10-8-19-37(39)44)41-23-11-22-40-42-27-31-14-3-4-15-32(31)28-43(42)47-46(40)41/h2-4,7,9-11,13-15,20-23,25-27,29,32,34-37,42-44H,1,5-6,8,12,16-19,24,28H2. The number of hydrogen-bond acceptors (Lipinski definition) is 1. The molecule has 1 aliphatic heterocycles. The molecule has 47 heavy (non-hydrogen) atoms. The van der Waals surface area contributed by atoms with Crippen LogP contribution in [0.2, 0.25) is 0 Å². The fourth-order valence-corrected chi connectivity index (χ4v) is 11.5. The van der Waals surface area contributed by atoms with Crippen LogP contribution in [0, 0.1) is 41.4 Å². The van der Waals surface area contributed by atoms with Gasteiger partial charge in [0.2, 0.25) is 0 Å². The fourth-order valence-electron chi connectivity index (χ4n) is 11.5. The second-order valence-electron chi connectivity index (χ2n) is 15.9. The zero-order chi connectivity index (χ0) is 30.9. The second-order valence-corrected chi connectivity index (χ2v) is 15.9. The molecule has 1 fully saturated rings. The lowest BCUT2D eigenvalue weighted by Crippen LogP contribution is -2.42. The summed E-state index contributed by atoms with van der Waals surface area (Å²) in [5.74, 6) is 6.11. The molecule has 0 aromatic heterocycles. The second kappa shape index (κ2) is 11.5. The molecule has 9 unspecified atom stereocenters. The van der Waals surface area contributed by atoms with Crippen LogP contribution in [-0.4, -0.2) is 6.10 Å².